The number of hydrogen-bond acceptors (Lipinski definition) is 5. The molecule has 6 nitrogen and oxygen atoms in total. The molecule has 1 aliphatic heterocycles. The van der Waals surface area contributed by atoms with Crippen molar-refractivity contribution in [2.45, 2.75) is 20.1 Å². The van der Waals surface area contributed by atoms with Crippen molar-refractivity contribution in [2.24, 2.45) is 5.10 Å². The highest BCUT2D eigenvalue weighted by atomic mass is 79.9. The van der Waals surface area contributed by atoms with E-state index in [1.54, 1.807) is 24.3 Å². The minimum Gasteiger partial charge on any atom is -0.446 e. The van der Waals surface area contributed by atoms with E-state index in [-0.39, 0.29) is 11.8 Å². The molecular weight excluding hydrogens is 388 g/mol. The van der Waals surface area contributed by atoms with Crippen LogP contribution in [0.3, 0.4) is 0 Å². The number of esters is 1. The van der Waals surface area contributed by atoms with Gasteiger partial charge in [0.2, 0.25) is 18.0 Å². The number of para-hydroxylation sites is 1. The van der Waals surface area contributed by atoms with Gasteiger partial charge in [0.05, 0.1) is 5.56 Å². The highest BCUT2D eigenvalue weighted by Crippen LogP contribution is 2.33. The summed E-state index contributed by atoms with van der Waals surface area (Å²) in [6, 6.07) is 14.3. The molecule has 1 aliphatic rings. The van der Waals surface area contributed by atoms with Crippen molar-refractivity contribution < 1.29 is 19.1 Å². The number of carbonyl (C=O) groups is 2. The molecule has 1 heterocycles. The standard InChI is InChI=1S/C18H15BrN2O4/c1-11(22)21-18(13-6-5-7-14(19)10-13)25-17(20-21)15-8-3-4-9-16(15)24-12(2)23/h3-10,18H,1-2H3. The average molecular weight is 403 g/mol. The van der Waals surface area contributed by atoms with Gasteiger partial charge in [0.1, 0.15) is 5.75 Å². The smallest absolute Gasteiger partial charge is 0.308 e. The lowest BCUT2D eigenvalue weighted by Gasteiger charge is -2.19. The van der Waals surface area contributed by atoms with Crippen molar-refractivity contribution in [2.75, 3.05) is 0 Å². The van der Waals surface area contributed by atoms with Crippen LogP contribution in [0.1, 0.15) is 31.2 Å². The van der Waals surface area contributed by atoms with Crippen LogP contribution < -0.4 is 4.74 Å². The van der Waals surface area contributed by atoms with Crippen molar-refractivity contribution in [3.05, 3.63) is 64.1 Å². The first-order chi connectivity index (χ1) is 12.0. The fourth-order valence-corrected chi connectivity index (χ4v) is 2.86. The molecule has 0 fully saturated rings. The summed E-state index contributed by atoms with van der Waals surface area (Å²) in [4.78, 5) is 23.3. The number of hydrazone groups is 1. The zero-order valence-electron chi connectivity index (χ0n) is 13.6. The number of ether oxygens (including phenoxy) is 2. The van der Waals surface area contributed by atoms with E-state index in [9.17, 15) is 9.59 Å². The normalized spacial score (nSPS) is 16.2. The van der Waals surface area contributed by atoms with Gasteiger partial charge in [-0.15, -0.1) is 5.10 Å². The van der Waals surface area contributed by atoms with Crippen LogP contribution in [0.15, 0.2) is 58.1 Å². The highest BCUT2D eigenvalue weighted by Gasteiger charge is 2.34. The summed E-state index contributed by atoms with van der Waals surface area (Å²) in [6.45, 7) is 2.74. The Kier molecular flexibility index (Phi) is 4.85. The second kappa shape index (κ2) is 7.06. The summed E-state index contributed by atoms with van der Waals surface area (Å²) in [5, 5.41) is 5.55. The molecule has 3 rings (SSSR count). The van der Waals surface area contributed by atoms with Gasteiger partial charge in [0, 0.05) is 23.9 Å². The Hall–Kier alpha value is -2.67. The number of nitrogens with zero attached hydrogens (tertiary/aromatic N) is 2. The predicted molar refractivity (Wildman–Crippen MR) is 94.8 cm³/mol. The van der Waals surface area contributed by atoms with Crippen LogP contribution in [-0.2, 0) is 14.3 Å². The van der Waals surface area contributed by atoms with E-state index in [1.165, 1.54) is 18.9 Å². The van der Waals surface area contributed by atoms with E-state index < -0.39 is 12.2 Å². The lowest BCUT2D eigenvalue weighted by Crippen LogP contribution is -2.25. The summed E-state index contributed by atoms with van der Waals surface area (Å²) < 4.78 is 12.0. The van der Waals surface area contributed by atoms with Crippen molar-refractivity contribution in [3.8, 4) is 5.75 Å². The molecule has 1 unspecified atom stereocenters. The minimum absolute atomic E-state index is 0.219. The Morgan fingerprint density at radius 3 is 2.60 bits per heavy atom. The molecule has 7 heteroatoms. The maximum atomic E-state index is 12.0. The Morgan fingerprint density at radius 1 is 1.16 bits per heavy atom. The van der Waals surface area contributed by atoms with E-state index in [1.807, 2.05) is 24.3 Å². The number of hydrogen-bond donors (Lipinski definition) is 0. The molecule has 0 N–H and O–H groups in total. The zero-order chi connectivity index (χ0) is 18.0. The second-order valence-electron chi connectivity index (χ2n) is 5.38. The molecule has 0 aliphatic carbocycles. The van der Waals surface area contributed by atoms with Crippen molar-refractivity contribution in [1.29, 1.82) is 0 Å². The summed E-state index contributed by atoms with van der Waals surface area (Å²) >= 11 is 3.41. The van der Waals surface area contributed by atoms with Gasteiger partial charge in [0.15, 0.2) is 0 Å². The first-order valence-corrected chi connectivity index (χ1v) is 8.33. The molecule has 0 aromatic heterocycles. The van der Waals surface area contributed by atoms with E-state index in [0.717, 1.165) is 10.0 Å². The van der Waals surface area contributed by atoms with Crippen LogP contribution in [0.2, 0.25) is 0 Å². The number of carbonyl (C=O) groups excluding carboxylic acids is 2. The molecule has 2 aromatic rings. The molecule has 1 atom stereocenters. The molecular formula is C18H15BrN2O4. The number of amides is 1. The molecule has 0 bridgehead atoms. The van der Waals surface area contributed by atoms with Crippen LogP contribution in [-0.4, -0.2) is 22.8 Å². The molecule has 0 saturated carbocycles. The van der Waals surface area contributed by atoms with Gasteiger partial charge in [-0.05, 0) is 24.3 Å². The van der Waals surface area contributed by atoms with Gasteiger partial charge in [-0.3, -0.25) is 9.59 Å². The quantitative estimate of drug-likeness (QED) is 0.580. The van der Waals surface area contributed by atoms with Gasteiger partial charge >= 0.3 is 5.97 Å². The largest absolute Gasteiger partial charge is 0.446 e. The summed E-state index contributed by atoms with van der Waals surface area (Å²) in [5.74, 6) is -0.160. The van der Waals surface area contributed by atoms with Crippen LogP contribution >= 0.6 is 15.9 Å². The van der Waals surface area contributed by atoms with Crippen LogP contribution in [0.5, 0.6) is 5.75 Å². The third kappa shape index (κ3) is 3.71. The van der Waals surface area contributed by atoms with Crippen LogP contribution in [0.25, 0.3) is 0 Å². The third-order valence-electron chi connectivity index (χ3n) is 3.47. The first kappa shape index (κ1) is 17.2. The number of benzene rings is 2. The van der Waals surface area contributed by atoms with Crippen LogP contribution in [0, 0.1) is 0 Å². The SMILES string of the molecule is CC(=O)Oc1ccccc1C1=NN(C(C)=O)C(c2cccc(Br)c2)O1. The van der Waals surface area contributed by atoms with E-state index >= 15 is 0 Å². The number of rotatable bonds is 3. The van der Waals surface area contributed by atoms with Crippen molar-refractivity contribution in [3.63, 3.8) is 0 Å². The van der Waals surface area contributed by atoms with Crippen molar-refractivity contribution in [1.82, 2.24) is 5.01 Å². The topological polar surface area (TPSA) is 68.2 Å². The van der Waals surface area contributed by atoms with Gasteiger partial charge in [-0.2, -0.15) is 5.01 Å². The van der Waals surface area contributed by atoms with Crippen LogP contribution in [0.4, 0.5) is 0 Å². The third-order valence-corrected chi connectivity index (χ3v) is 3.96. The van der Waals surface area contributed by atoms with Gasteiger partial charge in [0.25, 0.3) is 0 Å². The van der Waals surface area contributed by atoms with Gasteiger partial charge in [-0.1, -0.05) is 40.2 Å². The molecule has 128 valence electrons. The van der Waals surface area contributed by atoms with E-state index in [0.29, 0.717) is 11.3 Å². The molecule has 2 aromatic carbocycles. The highest BCUT2D eigenvalue weighted by molar-refractivity contribution is 9.10. The predicted octanol–water partition coefficient (Wildman–Crippen LogP) is 3.61. The Balaban J connectivity index is 1.98. The first-order valence-electron chi connectivity index (χ1n) is 7.54. The summed E-state index contributed by atoms with van der Waals surface area (Å²) in [7, 11) is 0. The summed E-state index contributed by atoms with van der Waals surface area (Å²) in [6.07, 6.45) is -0.685. The molecule has 25 heavy (non-hydrogen) atoms. The Bertz CT molecular complexity index is 866. The second-order valence-corrected chi connectivity index (χ2v) is 6.30. The maximum Gasteiger partial charge on any atom is 0.308 e. The maximum absolute atomic E-state index is 12.0. The average Bonchev–Trinajstić information content (AvgIpc) is 3.00. The Labute approximate surface area is 153 Å². The molecule has 0 radical (unpaired) electrons. The minimum atomic E-state index is -0.685. The molecule has 0 saturated heterocycles. The monoisotopic (exact) mass is 402 g/mol. The molecule has 0 spiro atoms. The fraction of sp³-hybridized carbons (Fsp3) is 0.167. The number of halogens is 1. The molecule has 1 amide bonds. The summed E-state index contributed by atoms with van der Waals surface area (Å²) in [5.41, 5.74) is 1.27. The van der Waals surface area contributed by atoms with E-state index in [4.69, 9.17) is 9.47 Å². The lowest BCUT2D eigenvalue weighted by molar-refractivity contribution is -0.135. The Morgan fingerprint density at radius 2 is 1.92 bits per heavy atom. The zero-order valence-corrected chi connectivity index (χ0v) is 15.2. The van der Waals surface area contributed by atoms with E-state index in [2.05, 4.69) is 21.0 Å². The van der Waals surface area contributed by atoms with Crippen molar-refractivity contribution >= 4 is 33.7 Å². The van der Waals surface area contributed by atoms with Gasteiger partial charge in [-0.25, -0.2) is 0 Å². The fourth-order valence-electron chi connectivity index (χ4n) is 2.44. The van der Waals surface area contributed by atoms with Gasteiger partial charge < -0.3 is 9.47 Å². The lowest BCUT2D eigenvalue weighted by atomic mass is 10.2.